The van der Waals surface area contributed by atoms with Gasteiger partial charge in [0.2, 0.25) is 5.88 Å². The zero-order valence-electron chi connectivity index (χ0n) is 12.7. The highest BCUT2D eigenvalue weighted by Gasteiger charge is 2.14. The first-order chi connectivity index (χ1) is 10.1. The van der Waals surface area contributed by atoms with Crippen LogP contribution in [0.4, 0.5) is 11.5 Å². The molecule has 2 N–H and O–H groups in total. The Morgan fingerprint density at radius 3 is 2.71 bits per heavy atom. The minimum atomic E-state index is 0.0221. The molecule has 0 amide bonds. The van der Waals surface area contributed by atoms with Gasteiger partial charge < -0.3 is 15.4 Å². The van der Waals surface area contributed by atoms with Gasteiger partial charge in [-0.25, -0.2) is 4.98 Å². The summed E-state index contributed by atoms with van der Waals surface area (Å²) in [5.74, 6) is 1.11. The summed E-state index contributed by atoms with van der Waals surface area (Å²) in [5.41, 5.74) is 7.60. The number of likely N-dealkylation sites (N-methyl/N-ethyl adjacent to an activating group) is 1. The molecule has 0 aliphatic carbocycles. The van der Waals surface area contributed by atoms with E-state index in [0.717, 1.165) is 18.7 Å². The van der Waals surface area contributed by atoms with E-state index < -0.39 is 0 Å². The van der Waals surface area contributed by atoms with Gasteiger partial charge in [0.1, 0.15) is 12.0 Å². The first-order valence-corrected chi connectivity index (χ1v) is 6.96. The molecule has 0 radical (unpaired) electrons. The average molecular weight is 287 g/mol. The van der Waals surface area contributed by atoms with Crippen molar-refractivity contribution in [1.29, 1.82) is 0 Å². The summed E-state index contributed by atoms with van der Waals surface area (Å²) in [6.07, 6.45) is 4.11. The lowest BCUT2D eigenvalue weighted by Gasteiger charge is -2.21. The van der Waals surface area contributed by atoms with Gasteiger partial charge in [-0.3, -0.25) is 4.98 Å². The zero-order chi connectivity index (χ0) is 15.2. The standard InChI is InChI=1S/C15H21N5O/c1-11(2)21-15-13(16)14(18-10-19-15)20(3)9-7-12-6-4-5-8-17-12/h4-6,8,10-11H,7,9,16H2,1-3H3. The van der Waals surface area contributed by atoms with E-state index in [4.69, 9.17) is 10.5 Å². The van der Waals surface area contributed by atoms with Crippen LogP contribution in [-0.4, -0.2) is 34.6 Å². The molecular weight excluding hydrogens is 266 g/mol. The van der Waals surface area contributed by atoms with Crippen LogP contribution in [0.5, 0.6) is 5.88 Å². The molecule has 6 heteroatoms. The number of hydrogen-bond acceptors (Lipinski definition) is 6. The smallest absolute Gasteiger partial charge is 0.242 e. The van der Waals surface area contributed by atoms with E-state index in [2.05, 4.69) is 15.0 Å². The number of nitrogen functional groups attached to an aromatic ring is 1. The summed E-state index contributed by atoms with van der Waals surface area (Å²) in [6.45, 7) is 4.64. The van der Waals surface area contributed by atoms with Crippen LogP contribution in [0.25, 0.3) is 0 Å². The molecule has 0 aliphatic heterocycles. The summed E-state index contributed by atoms with van der Waals surface area (Å²) >= 11 is 0. The third kappa shape index (κ3) is 4.05. The summed E-state index contributed by atoms with van der Waals surface area (Å²) in [5, 5.41) is 0. The average Bonchev–Trinajstić information content (AvgIpc) is 2.47. The molecule has 0 spiro atoms. The molecule has 21 heavy (non-hydrogen) atoms. The lowest BCUT2D eigenvalue weighted by molar-refractivity contribution is 0.234. The molecule has 0 saturated heterocycles. The third-order valence-corrected chi connectivity index (χ3v) is 2.96. The molecule has 6 nitrogen and oxygen atoms in total. The van der Waals surface area contributed by atoms with Gasteiger partial charge in [0.25, 0.3) is 0 Å². The number of aromatic nitrogens is 3. The van der Waals surface area contributed by atoms with Crippen LogP contribution < -0.4 is 15.4 Å². The van der Waals surface area contributed by atoms with Crippen LogP contribution in [0.1, 0.15) is 19.5 Å². The fourth-order valence-electron chi connectivity index (χ4n) is 1.93. The molecule has 0 bridgehead atoms. The quantitative estimate of drug-likeness (QED) is 0.874. The molecule has 0 aromatic carbocycles. The molecular formula is C15H21N5O. The van der Waals surface area contributed by atoms with Crippen molar-refractivity contribution in [2.75, 3.05) is 24.2 Å². The predicted octanol–water partition coefficient (Wildman–Crippen LogP) is 1.92. The highest BCUT2D eigenvalue weighted by atomic mass is 16.5. The van der Waals surface area contributed by atoms with Gasteiger partial charge in [0, 0.05) is 31.9 Å². The Bertz CT molecular complexity index is 574. The summed E-state index contributed by atoms with van der Waals surface area (Å²) in [7, 11) is 1.95. The van der Waals surface area contributed by atoms with E-state index in [0.29, 0.717) is 17.4 Å². The van der Waals surface area contributed by atoms with Crippen molar-refractivity contribution < 1.29 is 4.74 Å². The Labute approximate surface area is 125 Å². The maximum absolute atomic E-state index is 6.09. The van der Waals surface area contributed by atoms with Gasteiger partial charge in [-0.05, 0) is 26.0 Å². The Hall–Kier alpha value is -2.37. The molecule has 0 unspecified atom stereocenters. The van der Waals surface area contributed by atoms with Crippen LogP contribution in [-0.2, 0) is 6.42 Å². The third-order valence-electron chi connectivity index (χ3n) is 2.96. The second kappa shape index (κ2) is 6.88. The molecule has 0 atom stereocenters. The van der Waals surface area contributed by atoms with E-state index in [-0.39, 0.29) is 6.10 Å². The van der Waals surface area contributed by atoms with Crippen LogP contribution in [0, 0.1) is 0 Å². The zero-order valence-corrected chi connectivity index (χ0v) is 12.7. The van der Waals surface area contributed by atoms with Crippen LogP contribution >= 0.6 is 0 Å². The lowest BCUT2D eigenvalue weighted by Crippen LogP contribution is -2.23. The van der Waals surface area contributed by atoms with Gasteiger partial charge >= 0.3 is 0 Å². The molecule has 2 aromatic heterocycles. The van der Waals surface area contributed by atoms with Crippen molar-refractivity contribution in [3.63, 3.8) is 0 Å². The molecule has 0 saturated carbocycles. The normalized spacial score (nSPS) is 10.7. The maximum atomic E-state index is 6.09. The lowest BCUT2D eigenvalue weighted by atomic mass is 10.2. The molecule has 0 aliphatic rings. The van der Waals surface area contributed by atoms with Gasteiger partial charge in [0.05, 0.1) is 6.10 Å². The Kier molecular flexibility index (Phi) is 4.92. The second-order valence-corrected chi connectivity index (χ2v) is 5.08. The molecule has 0 fully saturated rings. The van der Waals surface area contributed by atoms with Crippen LogP contribution in [0.3, 0.4) is 0 Å². The van der Waals surface area contributed by atoms with Gasteiger partial charge in [-0.2, -0.15) is 4.98 Å². The van der Waals surface area contributed by atoms with Crippen molar-refractivity contribution in [2.45, 2.75) is 26.4 Å². The number of ether oxygens (including phenoxy) is 1. The van der Waals surface area contributed by atoms with Crippen molar-refractivity contribution in [1.82, 2.24) is 15.0 Å². The van der Waals surface area contributed by atoms with E-state index in [1.54, 1.807) is 6.20 Å². The van der Waals surface area contributed by atoms with E-state index >= 15 is 0 Å². The monoisotopic (exact) mass is 287 g/mol. The number of pyridine rings is 1. The SMILES string of the molecule is CC(C)Oc1ncnc(N(C)CCc2ccccn2)c1N. The Morgan fingerprint density at radius 1 is 1.24 bits per heavy atom. The molecule has 2 rings (SSSR count). The predicted molar refractivity (Wildman–Crippen MR) is 83.4 cm³/mol. The van der Waals surface area contributed by atoms with E-state index in [1.807, 2.05) is 44.0 Å². The first kappa shape index (κ1) is 15.0. The van der Waals surface area contributed by atoms with Crippen molar-refractivity contribution in [3.8, 4) is 5.88 Å². The molecule has 112 valence electrons. The van der Waals surface area contributed by atoms with Crippen LogP contribution in [0.15, 0.2) is 30.7 Å². The van der Waals surface area contributed by atoms with Gasteiger partial charge in [0.15, 0.2) is 5.82 Å². The summed E-state index contributed by atoms with van der Waals surface area (Å²) in [6, 6.07) is 5.89. The number of nitrogens with two attached hydrogens (primary N) is 1. The molecule has 2 heterocycles. The number of anilines is 2. The van der Waals surface area contributed by atoms with Crippen molar-refractivity contribution >= 4 is 11.5 Å². The minimum Gasteiger partial charge on any atom is -0.473 e. The minimum absolute atomic E-state index is 0.0221. The van der Waals surface area contributed by atoms with Gasteiger partial charge in [-0.15, -0.1) is 0 Å². The van der Waals surface area contributed by atoms with Crippen molar-refractivity contribution in [2.24, 2.45) is 0 Å². The largest absolute Gasteiger partial charge is 0.473 e. The Balaban J connectivity index is 2.06. The van der Waals surface area contributed by atoms with E-state index in [1.165, 1.54) is 6.33 Å². The number of rotatable bonds is 6. The number of nitrogens with zero attached hydrogens (tertiary/aromatic N) is 4. The molecule has 2 aromatic rings. The van der Waals surface area contributed by atoms with E-state index in [9.17, 15) is 0 Å². The Morgan fingerprint density at radius 2 is 2.05 bits per heavy atom. The topological polar surface area (TPSA) is 77.2 Å². The second-order valence-electron chi connectivity index (χ2n) is 5.08. The van der Waals surface area contributed by atoms with Crippen molar-refractivity contribution in [3.05, 3.63) is 36.4 Å². The highest BCUT2D eigenvalue weighted by Crippen LogP contribution is 2.27. The fraction of sp³-hybridized carbons (Fsp3) is 0.400. The highest BCUT2D eigenvalue weighted by molar-refractivity contribution is 5.67. The van der Waals surface area contributed by atoms with Gasteiger partial charge in [-0.1, -0.05) is 6.07 Å². The number of hydrogen-bond donors (Lipinski definition) is 1. The van der Waals surface area contributed by atoms with Crippen LogP contribution in [0.2, 0.25) is 0 Å². The maximum Gasteiger partial charge on any atom is 0.242 e. The first-order valence-electron chi connectivity index (χ1n) is 6.96. The summed E-state index contributed by atoms with van der Waals surface area (Å²) in [4.78, 5) is 14.6. The fourth-order valence-corrected chi connectivity index (χ4v) is 1.93. The summed E-state index contributed by atoms with van der Waals surface area (Å²) < 4.78 is 5.58.